The van der Waals surface area contributed by atoms with E-state index in [1.54, 1.807) is 4.90 Å². The summed E-state index contributed by atoms with van der Waals surface area (Å²) in [5.74, 6) is -0.160. The number of urea groups is 1. The molecule has 1 unspecified atom stereocenters. The summed E-state index contributed by atoms with van der Waals surface area (Å²) in [6.07, 6.45) is 3.43. The minimum Gasteiger partial charge on any atom is -0.351 e. The molecule has 7 nitrogen and oxygen atoms in total. The Morgan fingerprint density at radius 2 is 2.00 bits per heavy atom. The molecule has 2 rings (SSSR count). The summed E-state index contributed by atoms with van der Waals surface area (Å²) >= 11 is 0. The van der Waals surface area contributed by atoms with E-state index in [9.17, 15) is 14.4 Å². The Bertz CT molecular complexity index is 405. The molecule has 0 spiro atoms. The number of nitrogens with one attached hydrogen (secondary N) is 3. The van der Waals surface area contributed by atoms with E-state index in [4.69, 9.17) is 0 Å². The zero-order chi connectivity index (χ0) is 15.2. The molecule has 4 amide bonds. The number of likely N-dealkylation sites (tertiary alicyclic amines) is 1. The quantitative estimate of drug-likeness (QED) is 0.680. The van der Waals surface area contributed by atoms with E-state index in [1.165, 1.54) is 0 Å². The van der Waals surface area contributed by atoms with Gasteiger partial charge < -0.3 is 20.9 Å². The monoisotopic (exact) mass is 296 g/mol. The van der Waals surface area contributed by atoms with Crippen molar-refractivity contribution >= 4 is 17.8 Å². The largest absolute Gasteiger partial charge is 0.351 e. The number of piperidine rings is 1. The Labute approximate surface area is 124 Å². The van der Waals surface area contributed by atoms with Crippen LogP contribution >= 0.6 is 0 Å². The molecule has 0 aliphatic carbocycles. The van der Waals surface area contributed by atoms with Crippen LogP contribution in [0.4, 0.5) is 4.79 Å². The fourth-order valence-corrected chi connectivity index (χ4v) is 2.68. The van der Waals surface area contributed by atoms with Gasteiger partial charge in [-0.2, -0.15) is 0 Å². The summed E-state index contributed by atoms with van der Waals surface area (Å²) in [6, 6.07) is -0.321. The molecule has 0 aromatic heterocycles. The van der Waals surface area contributed by atoms with Crippen LogP contribution in [0.25, 0.3) is 0 Å². The standard InChI is InChI=1S/C14H24N4O3/c1-2-7-15-14(21)18-8-5-10(6-9-18)16-13(20)11-3-4-12(19)17-11/h10-11H,2-9H2,1H3,(H,15,21)(H,16,20)(H,17,19). The minimum atomic E-state index is -0.386. The van der Waals surface area contributed by atoms with Gasteiger partial charge in [0.1, 0.15) is 6.04 Å². The van der Waals surface area contributed by atoms with Crippen LogP contribution in [0.2, 0.25) is 0 Å². The maximum Gasteiger partial charge on any atom is 0.317 e. The second-order valence-electron chi connectivity index (χ2n) is 5.66. The van der Waals surface area contributed by atoms with Gasteiger partial charge in [-0.3, -0.25) is 9.59 Å². The molecule has 0 aromatic rings. The Morgan fingerprint density at radius 1 is 1.29 bits per heavy atom. The van der Waals surface area contributed by atoms with Gasteiger partial charge in [-0.05, 0) is 25.7 Å². The molecule has 1 atom stereocenters. The summed E-state index contributed by atoms with van der Waals surface area (Å²) in [6.45, 7) is 4.01. The highest BCUT2D eigenvalue weighted by molar-refractivity contribution is 5.90. The molecule has 21 heavy (non-hydrogen) atoms. The maximum atomic E-state index is 12.0. The number of carbonyl (C=O) groups excluding carboxylic acids is 3. The lowest BCUT2D eigenvalue weighted by atomic mass is 10.0. The lowest BCUT2D eigenvalue weighted by molar-refractivity contribution is -0.126. The first kappa shape index (κ1) is 15.6. The van der Waals surface area contributed by atoms with Crippen LogP contribution in [-0.4, -0.2) is 54.5 Å². The Balaban J connectivity index is 1.70. The zero-order valence-corrected chi connectivity index (χ0v) is 12.5. The number of nitrogens with zero attached hydrogens (tertiary/aromatic N) is 1. The van der Waals surface area contributed by atoms with Gasteiger partial charge in [0.05, 0.1) is 0 Å². The smallest absolute Gasteiger partial charge is 0.317 e. The molecule has 3 N–H and O–H groups in total. The first-order valence-electron chi connectivity index (χ1n) is 7.72. The van der Waals surface area contributed by atoms with Crippen molar-refractivity contribution in [3.8, 4) is 0 Å². The lowest BCUT2D eigenvalue weighted by Gasteiger charge is -2.32. The van der Waals surface area contributed by atoms with Crippen LogP contribution in [0.5, 0.6) is 0 Å². The van der Waals surface area contributed by atoms with Gasteiger partial charge in [-0.25, -0.2) is 4.79 Å². The number of hydrogen-bond donors (Lipinski definition) is 3. The Hall–Kier alpha value is -1.79. The van der Waals surface area contributed by atoms with Crippen molar-refractivity contribution < 1.29 is 14.4 Å². The van der Waals surface area contributed by atoms with Gasteiger partial charge in [-0.15, -0.1) is 0 Å². The summed E-state index contributed by atoms with van der Waals surface area (Å²) < 4.78 is 0. The number of hydrogen-bond acceptors (Lipinski definition) is 3. The second-order valence-corrected chi connectivity index (χ2v) is 5.66. The third kappa shape index (κ3) is 4.34. The molecule has 2 aliphatic heterocycles. The second kappa shape index (κ2) is 7.28. The van der Waals surface area contributed by atoms with Crippen molar-refractivity contribution in [1.29, 1.82) is 0 Å². The first-order chi connectivity index (χ1) is 10.1. The third-order valence-electron chi connectivity index (χ3n) is 3.97. The lowest BCUT2D eigenvalue weighted by Crippen LogP contribution is -2.52. The molecule has 7 heteroatoms. The maximum absolute atomic E-state index is 12.0. The van der Waals surface area contributed by atoms with Crippen LogP contribution in [0.1, 0.15) is 39.0 Å². The molecule has 2 aliphatic rings. The number of amides is 4. The van der Waals surface area contributed by atoms with E-state index >= 15 is 0 Å². The SMILES string of the molecule is CCCNC(=O)N1CCC(NC(=O)C2CCC(=O)N2)CC1. The van der Waals surface area contributed by atoms with E-state index in [1.807, 2.05) is 6.92 Å². The average molecular weight is 296 g/mol. The molecule has 0 saturated carbocycles. The summed E-state index contributed by atoms with van der Waals surface area (Å²) in [4.78, 5) is 36.7. The van der Waals surface area contributed by atoms with Crippen LogP contribution < -0.4 is 16.0 Å². The highest BCUT2D eigenvalue weighted by Crippen LogP contribution is 2.12. The van der Waals surface area contributed by atoms with E-state index < -0.39 is 0 Å². The molecule has 2 heterocycles. The van der Waals surface area contributed by atoms with E-state index in [-0.39, 0.29) is 29.9 Å². The molecule has 0 aromatic carbocycles. The zero-order valence-electron chi connectivity index (χ0n) is 12.5. The van der Waals surface area contributed by atoms with Crippen molar-refractivity contribution in [2.75, 3.05) is 19.6 Å². The van der Waals surface area contributed by atoms with Crippen LogP contribution in [-0.2, 0) is 9.59 Å². The van der Waals surface area contributed by atoms with Gasteiger partial charge in [0.2, 0.25) is 11.8 Å². The van der Waals surface area contributed by atoms with Crippen molar-refractivity contribution in [3.05, 3.63) is 0 Å². The molecule has 2 saturated heterocycles. The van der Waals surface area contributed by atoms with Gasteiger partial charge in [0.25, 0.3) is 0 Å². The minimum absolute atomic E-state index is 0.0234. The van der Waals surface area contributed by atoms with Crippen LogP contribution in [0.3, 0.4) is 0 Å². The fourth-order valence-electron chi connectivity index (χ4n) is 2.68. The van der Waals surface area contributed by atoms with Gasteiger partial charge >= 0.3 is 6.03 Å². The van der Waals surface area contributed by atoms with Gasteiger partial charge in [-0.1, -0.05) is 6.92 Å². The van der Waals surface area contributed by atoms with Gasteiger partial charge in [0, 0.05) is 32.1 Å². The normalized spacial score (nSPS) is 22.8. The highest BCUT2D eigenvalue weighted by atomic mass is 16.2. The molecule has 118 valence electrons. The summed E-state index contributed by atoms with van der Waals surface area (Å²) in [5, 5.41) is 8.50. The number of carbonyl (C=O) groups is 3. The molecule has 0 bridgehead atoms. The molecule has 2 fully saturated rings. The average Bonchev–Trinajstić information content (AvgIpc) is 2.92. The van der Waals surface area contributed by atoms with Crippen LogP contribution in [0, 0.1) is 0 Å². The molecular weight excluding hydrogens is 272 g/mol. The summed E-state index contributed by atoms with van der Waals surface area (Å²) in [7, 11) is 0. The van der Waals surface area contributed by atoms with E-state index in [2.05, 4.69) is 16.0 Å². The Morgan fingerprint density at radius 3 is 2.57 bits per heavy atom. The van der Waals surface area contributed by atoms with Gasteiger partial charge in [0.15, 0.2) is 0 Å². The highest BCUT2D eigenvalue weighted by Gasteiger charge is 2.30. The predicted molar refractivity (Wildman–Crippen MR) is 77.6 cm³/mol. The van der Waals surface area contributed by atoms with Crippen molar-refractivity contribution in [3.63, 3.8) is 0 Å². The fraction of sp³-hybridized carbons (Fsp3) is 0.786. The third-order valence-corrected chi connectivity index (χ3v) is 3.97. The topological polar surface area (TPSA) is 90.5 Å². The van der Waals surface area contributed by atoms with Crippen molar-refractivity contribution in [1.82, 2.24) is 20.9 Å². The first-order valence-corrected chi connectivity index (χ1v) is 7.72. The molecule has 0 radical (unpaired) electrons. The van der Waals surface area contributed by atoms with E-state index in [0.717, 1.165) is 19.3 Å². The summed E-state index contributed by atoms with van der Waals surface area (Å²) in [5.41, 5.74) is 0. The molecular formula is C14H24N4O3. The predicted octanol–water partition coefficient (Wildman–Crippen LogP) is -0.0348. The number of rotatable bonds is 4. The van der Waals surface area contributed by atoms with Crippen molar-refractivity contribution in [2.45, 2.75) is 51.1 Å². The van der Waals surface area contributed by atoms with Crippen LogP contribution in [0.15, 0.2) is 0 Å². The van der Waals surface area contributed by atoms with Crippen molar-refractivity contribution in [2.24, 2.45) is 0 Å². The van der Waals surface area contributed by atoms with E-state index in [0.29, 0.717) is 32.5 Å². The Kier molecular flexibility index (Phi) is 5.41.